The molecule has 0 heterocycles. The van der Waals surface area contributed by atoms with Crippen molar-refractivity contribution in [3.63, 3.8) is 0 Å². The normalized spacial score (nSPS) is 12.4. The molecule has 0 unspecified atom stereocenters. The monoisotopic (exact) mass is 256 g/mol. The van der Waals surface area contributed by atoms with Crippen LogP contribution in [0.3, 0.4) is 0 Å². The van der Waals surface area contributed by atoms with Gasteiger partial charge in [0.15, 0.2) is 0 Å². The van der Waals surface area contributed by atoms with Gasteiger partial charge >= 0.3 is 18.8 Å². The minimum Gasteiger partial charge on any atom is -0.317 e. The van der Waals surface area contributed by atoms with Gasteiger partial charge in [-0.2, -0.15) is 26.3 Å². The summed E-state index contributed by atoms with van der Waals surface area (Å²) >= 11 is 0. The van der Waals surface area contributed by atoms with Crippen molar-refractivity contribution in [3.8, 4) is 0 Å². The lowest BCUT2D eigenvalue weighted by molar-refractivity contribution is -0.140. The second-order valence-electron chi connectivity index (χ2n) is 2.98. The zero-order valence-corrected chi connectivity index (χ0v) is 7.91. The van der Waals surface area contributed by atoms with E-state index in [1.807, 2.05) is 0 Å². The van der Waals surface area contributed by atoms with Crippen LogP contribution >= 0.6 is 0 Å². The zero-order valence-electron chi connectivity index (χ0n) is 7.91. The summed E-state index contributed by atoms with van der Waals surface area (Å²) in [4.78, 5) is 9.93. The standard InChI is InChI=1S/C9H4F6NO/c10-8(11,12)5-1-2-6(9(13,14)15)7(3-5)16-4-17/h1-3H,(H,16,17). The van der Waals surface area contributed by atoms with Crippen LogP contribution in [0.25, 0.3) is 0 Å². The lowest BCUT2D eigenvalue weighted by Crippen LogP contribution is -2.13. The first kappa shape index (κ1) is 13.3. The topological polar surface area (TPSA) is 29.1 Å². The second kappa shape index (κ2) is 4.27. The molecule has 1 N–H and O–H groups in total. The van der Waals surface area contributed by atoms with Crippen molar-refractivity contribution in [1.29, 1.82) is 0 Å². The molecular formula is C9H4F6NO. The van der Waals surface area contributed by atoms with Gasteiger partial charge in [0.25, 0.3) is 0 Å². The van der Waals surface area contributed by atoms with Gasteiger partial charge in [-0.3, -0.25) is 4.79 Å². The third-order valence-corrected chi connectivity index (χ3v) is 1.84. The first-order valence-electron chi connectivity index (χ1n) is 4.08. The molecule has 1 radical (unpaired) electrons. The molecule has 0 aromatic heterocycles. The number of carbonyl (C=O) groups excluding carboxylic acids is 1. The third kappa shape index (κ3) is 3.11. The number of halogens is 6. The molecule has 0 aliphatic heterocycles. The predicted octanol–water partition coefficient (Wildman–Crippen LogP) is 3.20. The van der Waals surface area contributed by atoms with E-state index in [1.165, 1.54) is 5.32 Å². The largest absolute Gasteiger partial charge is 0.418 e. The fourth-order valence-corrected chi connectivity index (χ4v) is 1.13. The Hall–Kier alpha value is -1.73. The summed E-state index contributed by atoms with van der Waals surface area (Å²) in [5.41, 5.74) is -3.64. The maximum atomic E-state index is 12.3. The van der Waals surface area contributed by atoms with E-state index >= 15 is 0 Å². The van der Waals surface area contributed by atoms with E-state index in [-0.39, 0.29) is 12.1 Å². The van der Waals surface area contributed by atoms with Crippen molar-refractivity contribution in [2.24, 2.45) is 0 Å². The minimum atomic E-state index is -4.86. The van der Waals surface area contributed by atoms with Gasteiger partial charge in [0.2, 0.25) is 0 Å². The van der Waals surface area contributed by atoms with E-state index in [1.54, 1.807) is 0 Å². The molecule has 1 aromatic carbocycles. The highest BCUT2D eigenvalue weighted by Gasteiger charge is 2.37. The molecule has 1 amide bonds. The van der Waals surface area contributed by atoms with Gasteiger partial charge in [-0.15, -0.1) is 0 Å². The Labute approximate surface area is 91.2 Å². The Kier molecular flexibility index (Phi) is 3.35. The number of hydrogen-bond donors (Lipinski definition) is 1. The average molecular weight is 256 g/mol. The molecule has 0 fully saturated rings. The van der Waals surface area contributed by atoms with Crippen LogP contribution in [0.4, 0.5) is 32.0 Å². The molecule has 17 heavy (non-hydrogen) atoms. The van der Waals surface area contributed by atoms with Crippen molar-refractivity contribution in [1.82, 2.24) is 0 Å². The van der Waals surface area contributed by atoms with Crippen LogP contribution in [0.2, 0.25) is 0 Å². The summed E-state index contributed by atoms with van der Waals surface area (Å²) in [7, 11) is 0. The molecule has 1 aromatic rings. The molecule has 8 heteroatoms. The molecule has 1 rings (SSSR count). The molecule has 0 atom stereocenters. The molecule has 93 valence electrons. The maximum Gasteiger partial charge on any atom is 0.418 e. The summed E-state index contributed by atoms with van der Waals surface area (Å²) in [5.74, 6) is 0. The lowest BCUT2D eigenvalue weighted by Gasteiger charge is -2.14. The van der Waals surface area contributed by atoms with Crippen molar-refractivity contribution in [2.45, 2.75) is 12.4 Å². The smallest absolute Gasteiger partial charge is 0.317 e. The fraction of sp³-hybridized carbons (Fsp3) is 0.222. The van der Waals surface area contributed by atoms with Crippen molar-refractivity contribution in [3.05, 3.63) is 29.3 Å². The van der Waals surface area contributed by atoms with Crippen LogP contribution in [0, 0.1) is 0 Å². The number of alkyl halides is 6. The molecule has 0 saturated heterocycles. The maximum absolute atomic E-state index is 12.3. The van der Waals surface area contributed by atoms with Crippen molar-refractivity contribution in [2.75, 3.05) is 5.32 Å². The van der Waals surface area contributed by atoms with E-state index < -0.39 is 29.2 Å². The van der Waals surface area contributed by atoms with Gasteiger partial charge in [-0.25, -0.2) is 0 Å². The number of benzene rings is 1. The fourth-order valence-electron chi connectivity index (χ4n) is 1.13. The van der Waals surface area contributed by atoms with Gasteiger partial charge in [-0.1, -0.05) is 0 Å². The van der Waals surface area contributed by atoms with Crippen LogP contribution in [-0.4, -0.2) is 6.41 Å². The average Bonchev–Trinajstić information content (AvgIpc) is 2.15. The third-order valence-electron chi connectivity index (χ3n) is 1.84. The molecular weight excluding hydrogens is 252 g/mol. The van der Waals surface area contributed by atoms with E-state index in [0.717, 1.165) is 6.41 Å². The quantitative estimate of drug-likeness (QED) is 0.639. The number of hydrogen-bond acceptors (Lipinski definition) is 1. The highest BCUT2D eigenvalue weighted by Crippen LogP contribution is 2.38. The van der Waals surface area contributed by atoms with Gasteiger partial charge in [0, 0.05) is 0 Å². The van der Waals surface area contributed by atoms with E-state index in [0.29, 0.717) is 6.07 Å². The Morgan fingerprint density at radius 1 is 1.00 bits per heavy atom. The Morgan fingerprint density at radius 2 is 1.59 bits per heavy atom. The van der Waals surface area contributed by atoms with Crippen molar-refractivity contribution < 1.29 is 31.1 Å². The Bertz CT molecular complexity index is 422. The highest BCUT2D eigenvalue weighted by molar-refractivity contribution is 5.74. The number of nitrogens with one attached hydrogen (secondary N) is 1. The number of rotatable bonds is 2. The SMILES string of the molecule is O=[C]Nc1cc(C(F)(F)F)ccc1C(F)(F)F. The molecule has 0 spiro atoms. The van der Waals surface area contributed by atoms with Crippen LogP contribution in [0.1, 0.15) is 11.1 Å². The van der Waals surface area contributed by atoms with Crippen LogP contribution in [0.5, 0.6) is 0 Å². The van der Waals surface area contributed by atoms with E-state index in [2.05, 4.69) is 0 Å². The molecule has 0 aliphatic carbocycles. The highest BCUT2D eigenvalue weighted by atomic mass is 19.4. The molecule has 0 saturated carbocycles. The number of anilines is 1. The van der Waals surface area contributed by atoms with Gasteiger partial charge in [0.1, 0.15) is 0 Å². The summed E-state index contributed by atoms with van der Waals surface area (Å²) in [6, 6.07) is 0.745. The van der Waals surface area contributed by atoms with Gasteiger partial charge in [-0.05, 0) is 18.2 Å². The van der Waals surface area contributed by atoms with Gasteiger partial charge < -0.3 is 5.32 Å². The first-order valence-corrected chi connectivity index (χ1v) is 4.08. The van der Waals surface area contributed by atoms with Crippen LogP contribution in [0.15, 0.2) is 18.2 Å². The van der Waals surface area contributed by atoms with Gasteiger partial charge in [0.05, 0.1) is 16.8 Å². The van der Waals surface area contributed by atoms with E-state index in [9.17, 15) is 31.1 Å². The Morgan fingerprint density at radius 3 is 2.00 bits per heavy atom. The summed E-state index contributed by atoms with van der Waals surface area (Å²) in [6.07, 6.45) is -8.74. The first-order chi connectivity index (χ1) is 7.66. The predicted molar refractivity (Wildman–Crippen MR) is 45.8 cm³/mol. The lowest BCUT2D eigenvalue weighted by atomic mass is 10.1. The Balaban J connectivity index is 3.32. The molecule has 0 bridgehead atoms. The molecule has 2 nitrogen and oxygen atoms in total. The van der Waals surface area contributed by atoms with E-state index in [4.69, 9.17) is 0 Å². The summed E-state index contributed by atoms with van der Waals surface area (Å²) in [5, 5.41) is 1.47. The van der Waals surface area contributed by atoms with Crippen LogP contribution in [-0.2, 0) is 17.1 Å². The second-order valence-corrected chi connectivity index (χ2v) is 2.98. The zero-order chi connectivity index (χ0) is 13.3. The van der Waals surface area contributed by atoms with Crippen LogP contribution < -0.4 is 5.32 Å². The number of amides is 1. The summed E-state index contributed by atoms with van der Waals surface area (Å²) < 4.78 is 73.7. The minimum absolute atomic E-state index is 0.202. The molecule has 0 aliphatic rings. The summed E-state index contributed by atoms with van der Waals surface area (Å²) in [6.45, 7) is 0. The van der Waals surface area contributed by atoms with Crippen molar-refractivity contribution >= 4 is 12.1 Å².